The number of rotatable bonds is 7. The van der Waals surface area contributed by atoms with E-state index in [9.17, 15) is 4.79 Å². The minimum Gasteiger partial charge on any atom is -0.485 e. The number of piperidine rings is 1. The molecule has 4 rings (SSSR count). The summed E-state index contributed by atoms with van der Waals surface area (Å²) in [7, 11) is 0. The number of anilines is 1. The van der Waals surface area contributed by atoms with E-state index in [0.717, 1.165) is 24.4 Å². The molecule has 0 unspecified atom stereocenters. The molecule has 1 saturated heterocycles. The number of hydrogen-bond acceptors (Lipinski definition) is 4. The summed E-state index contributed by atoms with van der Waals surface area (Å²) in [6.45, 7) is 4.39. The lowest BCUT2D eigenvalue weighted by atomic mass is 10.1. The van der Waals surface area contributed by atoms with E-state index in [0.29, 0.717) is 28.7 Å². The van der Waals surface area contributed by atoms with Crippen LogP contribution in [0.5, 0.6) is 5.75 Å². The van der Waals surface area contributed by atoms with Gasteiger partial charge < -0.3 is 14.1 Å². The Bertz CT molecular complexity index is 1060. The maximum atomic E-state index is 12.5. The number of furan rings is 1. The summed E-state index contributed by atoms with van der Waals surface area (Å²) < 4.78 is 11.6. The molecule has 0 radical (unpaired) electrons. The molecule has 1 aliphatic rings. The van der Waals surface area contributed by atoms with Gasteiger partial charge in [0.15, 0.2) is 5.78 Å². The number of benzene rings is 2. The second-order valence-corrected chi connectivity index (χ2v) is 8.16. The van der Waals surface area contributed by atoms with Crippen molar-refractivity contribution in [2.75, 3.05) is 18.0 Å². The molecule has 0 spiro atoms. The third-order valence-electron chi connectivity index (χ3n) is 5.54. The number of nitrogens with zero attached hydrogens (tertiary/aromatic N) is 1. The quantitative estimate of drug-likeness (QED) is 0.305. The minimum absolute atomic E-state index is 0.0473. The standard InChI is InChI=1S/C26H26ClNO3/c1-19-24(27)6-5-7-26(19)30-18-23-13-12-22(31-23)14-15-25(29)20-8-10-21(11-9-20)28-16-3-2-4-17-28/h5-15H,2-4,16-18H2,1H3/b15-14+. The van der Waals surface area contributed by atoms with E-state index in [-0.39, 0.29) is 5.78 Å². The molecule has 2 aromatic carbocycles. The molecule has 1 aromatic heterocycles. The van der Waals surface area contributed by atoms with Crippen LogP contribution in [0.25, 0.3) is 6.08 Å². The fourth-order valence-electron chi connectivity index (χ4n) is 3.70. The Hall–Kier alpha value is -2.98. The highest BCUT2D eigenvalue weighted by Gasteiger charge is 2.11. The zero-order valence-corrected chi connectivity index (χ0v) is 18.4. The van der Waals surface area contributed by atoms with Gasteiger partial charge >= 0.3 is 0 Å². The highest BCUT2D eigenvalue weighted by molar-refractivity contribution is 6.31. The summed E-state index contributed by atoms with van der Waals surface area (Å²) in [5.41, 5.74) is 2.75. The van der Waals surface area contributed by atoms with Crippen LogP contribution in [0.1, 0.15) is 46.7 Å². The average Bonchev–Trinajstić information content (AvgIpc) is 3.27. The number of halogens is 1. The molecule has 0 bridgehead atoms. The van der Waals surface area contributed by atoms with E-state index in [1.165, 1.54) is 24.9 Å². The monoisotopic (exact) mass is 435 g/mol. The number of ether oxygens (including phenoxy) is 1. The fourth-order valence-corrected chi connectivity index (χ4v) is 3.86. The molecule has 0 aliphatic carbocycles. The van der Waals surface area contributed by atoms with Gasteiger partial charge in [0, 0.05) is 34.9 Å². The molecule has 31 heavy (non-hydrogen) atoms. The summed E-state index contributed by atoms with van der Waals surface area (Å²) in [5.74, 6) is 1.97. The number of carbonyl (C=O) groups is 1. The van der Waals surface area contributed by atoms with Crippen LogP contribution in [0.2, 0.25) is 5.02 Å². The highest BCUT2D eigenvalue weighted by Crippen LogP contribution is 2.26. The summed E-state index contributed by atoms with van der Waals surface area (Å²) in [4.78, 5) is 14.9. The Morgan fingerprint density at radius 2 is 1.84 bits per heavy atom. The molecule has 160 valence electrons. The van der Waals surface area contributed by atoms with Gasteiger partial charge in [0.2, 0.25) is 0 Å². The molecule has 4 nitrogen and oxygen atoms in total. The van der Waals surface area contributed by atoms with Crippen LogP contribution >= 0.6 is 11.6 Å². The summed E-state index contributed by atoms with van der Waals surface area (Å²) in [5, 5.41) is 0.669. The molecule has 2 heterocycles. The second-order valence-electron chi connectivity index (χ2n) is 7.75. The average molecular weight is 436 g/mol. The van der Waals surface area contributed by atoms with Gasteiger partial charge in [-0.1, -0.05) is 17.7 Å². The summed E-state index contributed by atoms with van der Waals surface area (Å²) in [6, 6.07) is 17.1. The van der Waals surface area contributed by atoms with Crippen molar-refractivity contribution in [3.63, 3.8) is 0 Å². The third kappa shape index (κ3) is 5.39. The van der Waals surface area contributed by atoms with Crippen molar-refractivity contribution in [2.45, 2.75) is 32.8 Å². The zero-order chi connectivity index (χ0) is 21.6. The lowest BCUT2D eigenvalue weighted by Gasteiger charge is -2.28. The SMILES string of the molecule is Cc1c(Cl)cccc1OCc1ccc(/C=C/C(=O)c2ccc(N3CCCCC3)cc2)o1. The van der Waals surface area contributed by atoms with Crippen molar-refractivity contribution < 1.29 is 13.9 Å². The summed E-state index contributed by atoms with van der Waals surface area (Å²) in [6.07, 6.45) is 7.00. The van der Waals surface area contributed by atoms with Gasteiger partial charge in [-0.05, 0) is 86.9 Å². The molecule has 0 N–H and O–H groups in total. The van der Waals surface area contributed by atoms with Crippen molar-refractivity contribution in [2.24, 2.45) is 0 Å². The molecule has 0 atom stereocenters. The number of carbonyl (C=O) groups excluding carboxylic acids is 1. The Balaban J connectivity index is 1.34. The van der Waals surface area contributed by atoms with E-state index >= 15 is 0 Å². The van der Waals surface area contributed by atoms with Gasteiger partial charge in [0.1, 0.15) is 23.9 Å². The largest absolute Gasteiger partial charge is 0.485 e. The van der Waals surface area contributed by atoms with Crippen molar-refractivity contribution in [3.8, 4) is 5.75 Å². The number of allylic oxidation sites excluding steroid dienone is 1. The summed E-state index contributed by atoms with van der Waals surface area (Å²) >= 11 is 6.12. The maximum Gasteiger partial charge on any atom is 0.185 e. The van der Waals surface area contributed by atoms with Crippen molar-refractivity contribution >= 4 is 29.1 Å². The predicted molar refractivity (Wildman–Crippen MR) is 125 cm³/mol. The molecular weight excluding hydrogens is 410 g/mol. The van der Waals surface area contributed by atoms with Gasteiger partial charge in [0.05, 0.1) is 0 Å². The van der Waals surface area contributed by atoms with Gasteiger partial charge in [-0.3, -0.25) is 4.79 Å². The lowest BCUT2D eigenvalue weighted by molar-refractivity contribution is 0.104. The lowest BCUT2D eigenvalue weighted by Crippen LogP contribution is -2.29. The van der Waals surface area contributed by atoms with Gasteiger partial charge in [-0.25, -0.2) is 0 Å². The van der Waals surface area contributed by atoms with Crippen LogP contribution in [0.4, 0.5) is 5.69 Å². The topological polar surface area (TPSA) is 42.7 Å². The normalized spacial score (nSPS) is 14.2. The van der Waals surface area contributed by atoms with E-state index < -0.39 is 0 Å². The fraction of sp³-hybridized carbons (Fsp3) is 0.269. The van der Waals surface area contributed by atoms with Crippen LogP contribution in [0.3, 0.4) is 0 Å². The van der Waals surface area contributed by atoms with Gasteiger partial charge in [-0.2, -0.15) is 0 Å². The van der Waals surface area contributed by atoms with Gasteiger partial charge in [0.25, 0.3) is 0 Å². The first kappa shape index (κ1) is 21.3. The molecule has 0 amide bonds. The Morgan fingerprint density at radius 3 is 2.61 bits per heavy atom. The van der Waals surface area contributed by atoms with Crippen LogP contribution in [0.15, 0.2) is 65.1 Å². The van der Waals surface area contributed by atoms with Crippen LogP contribution < -0.4 is 9.64 Å². The van der Waals surface area contributed by atoms with Crippen LogP contribution in [-0.4, -0.2) is 18.9 Å². The third-order valence-corrected chi connectivity index (χ3v) is 5.95. The maximum absolute atomic E-state index is 12.5. The first-order valence-electron chi connectivity index (χ1n) is 10.6. The van der Waals surface area contributed by atoms with Gasteiger partial charge in [-0.15, -0.1) is 0 Å². The van der Waals surface area contributed by atoms with Crippen LogP contribution in [0, 0.1) is 6.92 Å². The predicted octanol–water partition coefficient (Wildman–Crippen LogP) is 6.71. The van der Waals surface area contributed by atoms with Crippen LogP contribution in [-0.2, 0) is 6.61 Å². The Kier molecular flexibility index (Phi) is 6.78. The number of ketones is 1. The smallest absolute Gasteiger partial charge is 0.185 e. The first-order chi connectivity index (χ1) is 15.1. The Morgan fingerprint density at radius 1 is 1.06 bits per heavy atom. The minimum atomic E-state index is -0.0473. The second kappa shape index (κ2) is 9.88. The molecule has 5 heteroatoms. The number of hydrogen-bond donors (Lipinski definition) is 0. The molecule has 0 saturated carbocycles. The molecule has 1 aliphatic heterocycles. The highest BCUT2D eigenvalue weighted by atomic mass is 35.5. The molecule has 1 fully saturated rings. The van der Waals surface area contributed by atoms with E-state index in [1.54, 1.807) is 12.2 Å². The van der Waals surface area contributed by atoms with E-state index in [4.69, 9.17) is 20.8 Å². The van der Waals surface area contributed by atoms with E-state index in [2.05, 4.69) is 4.90 Å². The molecular formula is C26H26ClNO3. The zero-order valence-electron chi connectivity index (χ0n) is 17.6. The van der Waals surface area contributed by atoms with Crippen molar-refractivity contribution in [1.82, 2.24) is 0 Å². The van der Waals surface area contributed by atoms with E-state index in [1.807, 2.05) is 61.5 Å². The van der Waals surface area contributed by atoms with Crippen molar-refractivity contribution in [1.29, 1.82) is 0 Å². The first-order valence-corrected chi connectivity index (χ1v) is 11.0. The van der Waals surface area contributed by atoms with Crippen molar-refractivity contribution in [3.05, 3.63) is 88.3 Å². The molecule has 3 aromatic rings. The Labute approximate surface area is 188 Å².